The molecule has 0 amide bonds. The van der Waals surface area contributed by atoms with Gasteiger partial charge in [-0.15, -0.1) is 0 Å². The second-order valence-corrected chi connectivity index (χ2v) is 6.55. The summed E-state index contributed by atoms with van der Waals surface area (Å²) >= 11 is 0. The minimum Gasteiger partial charge on any atom is -0.396 e. The summed E-state index contributed by atoms with van der Waals surface area (Å²) in [6, 6.07) is 2.08. The van der Waals surface area contributed by atoms with Crippen molar-refractivity contribution < 1.29 is 22.8 Å². The summed E-state index contributed by atoms with van der Waals surface area (Å²) in [6.07, 6.45) is 0.243. The number of hydrogen-bond acceptors (Lipinski definition) is 5. The molecule has 0 aliphatic carbocycles. The van der Waals surface area contributed by atoms with E-state index in [1.54, 1.807) is 13.8 Å². The topological polar surface area (TPSA) is 101 Å². The van der Waals surface area contributed by atoms with E-state index in [4.69, 9.17) is 5.11 Å². The molecule has 0 saturated carbocycles. The molecule has 0 aliphatic heterocycles. The molecule has 0 spiro atoms. The number of benzene rings is 1. The van der Waals surface area contributed by atoms with Gasteiger partial charge in [-0.1, -0.05) is 0 Å². The molecule has 118 valence electrons. The Bertz CT molecular complexity index is 618. The highest BCUT2D eigenvalue weighted by molar-refractivity contribution is 7.89. The van der Waals surface area contributed by atoms with Gasteiger partial charge in [-0.05, 0) is 26.3 Å². The molecule has 0 fully saturated rings. The van der Waals surface area contributed by atoms with Crippen molar-refractivity contribution in [2.45, 2.75) is 31.2 Å². The summed E-state index contributed by atoms with van der Waals surface area (Å²) in [4.78, 5) is 9.28. The molecule has 0 unspecified atom stereocenters. The van der Waals surface area contributed by atoms with Crippen LogP contribution < -0.4 is 0 Å². The number of sulfonamides is 1. The molecule has 0 aliphatic rings. The summed E-state index contributed by atoms with van der Waals surface area (Å²) in [6.45, 7) is 3.20. The molecule has 0 saturated heterocycles. The highest BCUT2D eigenvalue weighted by Gasteiger charge is 2.28. The second kappa shape index (κ2) is 6.92. The van der Waals surface area contributed by atoms with E-state index in [1.165, 1.54) is 0 Å². The van der Waals surface area contributed by atoms with E-state index in [0.29, 0.717) is 6.07 Å². The fourth-order valence-corrected chi connectivity index (χ4v) is 3.50. The average molecular weight is 320 g/mol. The molecule has 1 N–H and O–H groups in total. The van der Waals surface area contributed by atoms with E-state index in [0.717, 1.165) is 16.4 Å². The van der Waals surface area contributed by atoms with Gasteiger partial charge in [0.15, 0.2) is 0 Å². The number of aliphatic hydroxyl groups is 1. The standard InChI is InChI=1S/C12H17FN2O5S/c1-9(2)14(6-3-7-16)21(19,20)10-4-5-12(15(17)18)11(13)8-10/h4-5,8-9,16H,3,6-7H2,1-2H3. The molecule has 1 rings (SSSR count). The van der Waals surface area contributed by atoms with Crippen LogP contribution in [0.1, 0.15) is 20.3 Å². The van der Waals surface area contributed by atoms with Gasteiger partial charge < -0.3 is 5.11 Å². The average Bonchev–Trinajstić information content (AvgIpc) is 2.37. The van der Waals surface area contributed by atoms with Gasteiger partial charge in [0.2, 0.25) is 15.8 Å². The van der Waals surface area contributed by atoms with Crippen molar-refractivity contribution in [2.75, 3.05) is 13.2 Å². The van der Waals surface area contributed by atoms with Crippen molar-refractivity contribution in [3.63, 3.8) is 0 Å². The van der Waals surface area contributed by atoms with E-state index < -0.39 is 26.5 Å². The van der Waals surface area contributed by atoms with Gasteiger partial charge >= 0.3 is 5.69 Å². The first-order valence-corrected chi connectivity index (χ1v) is 7.72. The minimum atomic E-state index is -3.98. The summed E-state index contributed by atoms with van der Waals surface area (Å²) in [5, 5.41) is 19.4. The molecule has 9 heteroatoms. The molecule has 1 aromatic carbocycles. The van der Waals surface area contributed by atoms with Crippen molar-refractivity contribution in [3.05, 3.63) is 34.1 Å². The Balaban J connectivity index is 3.22. The number of aliphatic hydroxyl groups excluding tert-OH is 1. The lowest BCUT2D eigenvalue weighted by Crippen LogP contribution is -2.38. The van der Waals surface area contributed by atoms with Crippen molar-refractivity contribution in [2.24, 2.45) is 0 Å². The molecule has 0 radical (unpaired) electrons. The number of rotatable bonds is 7. The van der Waals surface area contributed by atoms with Crippen LogP contribution in [0.5, 0.6) is 0 Å². The fourth-order valence-electron chi connectivity index (χ4n) is 1.81. The van der Waals surface area contributed by atoms with Crippen LogP contribution in [0.15, 0.2) is 23.1 Å². The lowest BCUT2D eigenvalue weighted by Gasteiger charge is -2.25. The van der Waals surface area contributed by atoms with Gasteiger partial charge in [0.25, 0.3) is 0 Å². The third-order valence-corrected chi connectivity index (χ3v) is 4.91. The highest BCUT2D eigenvalue weighted by atomic mass is 32.2. The predicted octanol–water partition coefficient (Wildman–Crippen LogP) is 1.52. The smallest absolute Gasteiger partial charge is 0.304 e. The Kier molecular flexibility index (Phi) is 5.76. The Morgan fingerprint density at radius 3 is 2.48 bits per heavy atom. The quantitative estimate of drug-likeness (QED) is 0.606. The summed E-state index contributed by atoms with van der Waals surface area (Å²) in [5.74, 6) is -1.20. The lowest BCUT2D eigenvalue weighted by atomic mass is 10.3. The van der Waals surface area contributed by atoms with Crippen LogP contribution in [0.3, 0.4) is 0 Å². The molecule has 1 aromatic rings. The number of nitro groups is 1. The maximum Gasteiger partial charge on any atom is 0.304 e. The van der Waals surface area contributed by atoms with Crippen LogP contribution in [0.2, 0.25) is 0 Å². The van der Waals surface area contributed by atoms with Gasteiger partial charge in [0, 0.05) is 31.3 Å². The minimum absolute atomic E-state index is 0.0785. The largest absolute Gasteiger partial charge is 0.396 e. The summed E-state index contributed by atoms with van der Waals surface area (Å²) < 4.78 is 39.5. The van der Waals surface area contributed by atoms with E-state index in [2.05, 4.69) is 0 Å². The zero-order valence-corrected chi connectivity index (χ0v) is 12.5. The van der Waals surface area contributed by atoms with E-state index >= 15 is 0 Å². The maximum absolute atomic E-state index is 13.6. The van der Waals surface area contributed by atoms with Gasteiger partial charge in [0.05, 0.1) is 9.82 Å². The Morgan fingerprint density at radius 2 is 2.05 bits per heavy atom. The predicted molar refractivity (Wildman–Crippen MR) is 73.8 cm³/mol. The van der Waals surface area contributed by atoms with Crippen molar-refractivity contribution >= 4 is 15.7 Å². The first-order valence-electron chi connectivity index (χ1n) is 6.28. The van der Waals surface area contributed by atoms with Crippen LogP contribution in [-0.2, 0) is 10.0 Å². The lowest BCUT2D eigenvalue weighted by molar-refractivity contribution is -0.387. The van der Waals surface area contributed by atoms with E-state index in [9.17, 15) is 22.9 Å². The summed E-state index contributed by atoms with van der Waals surface area (Å²) in [5.41, 5.74) is -0.777. The molecule has 21 heavy (non-hydrogen) atoms. The SMILES string of the molecule is CC(C)N(CCCO)S(=O)(=O)c1ccc([N+](=O)[O-])c(F)c1. The van der Waals surface area contributed by atoms with Gasteiger partial charge in [0.1, 0.15) is 0 Å². The van der Waals surface area contributed by atoms with E-state index in [-0.39, 0.29) is 30.5 Å². The number of halogens is 1. The molecular formula is C12H17FN2O5S. The molecule has 7 nitrogen and oxygen atoms in total. The normalized spacial score (nSPS) is 12.1. The van der Waals surface area contributed by atoms with Crippen LogP contribution in [0.4, 0.5) is 10.1 Å². The Labute approximate surface area is 122 Å². The molecule has 0 bridgehead atoms. The fraction of sp³-hybridized carbons (Fsp3) is 0.500. The monoisotopic (exact) mass is 320 g/mol. The van der Waals surface area contributed by atoms with Crippen LogP contribution >= 0.6 is 0 Å². The highest BCUT2D eigenvalue weighted by Crippen LogP contribution is 2.24. The number of nitro benzene ring substituents is 1. The van der Waals surface area contributed by atoms with Crippen molar-refractivity contribution in [1.82, 2.24) is 4.31 Å². The van der Waals surface area contributed by atoms with Crippen molar-refractivity contribution in [1.29, 1.82) is 0 Å². The van der Waals surface area contributed by atoms with Gasteiger partial charge in [-0.25, -0.2) is 8.42 Å². The first-order chi connectivity index (χ1) is 9.71. The zero-order valence-electron chi connectivity index (χ0n) is 11.7. The van der Waals surface area contributed by atoms with Gasteiger partial charge in [-0.3, -0.25) is 10.1 Å². The maximum atomic E-state index is 13.6. The second-order valence-electron chi connectivity index (χ2n) is 4.66. The van der Waals surface area contributed by atoms with E-state index in [1.807, 2.05) is 0 Å². The Hall–Kier alpha value is -1.58. The Morgan fingerprint density at radius 1 is 1.43 bits per heavy atom. The first kappa shape index (κ1) is 17.5. The molecule has 0 atom stereocenters. The molecule has 0 heterocycles. The van der Waals surface area contributed by atoms with Crippen LogP contribution in [0, 0.1) is 15.9 Å². The number of hydrogen-bond donors (Lipinski definition) is 1. The molecular weight excluding hydrogens is 303 g/mol. The van der Waals surface area contributed by atoms with Crippen LogP contribution in [-0.4, -0.2) is 41.9 Å². The van der Waals surface area contributed by atoms with Gasteiger partial charge in [-0.2, -0.15) is 8.70 Å². The summed E-state index contributed by atoms with van der Waals surface area (Å²) in [7, 11) is -3.98. The number of nitrogens with zero attached hydrogens (tertiary/aromatic N) is 2. The van der Waals surface area contributed by atoms with Crippen molar-refractivity contribution in [3.8, 4) is 0 Å². The third-order valence-electron chi connectivity index (χ3n) is 2.84. The molecule has 0 aromatic heterocycles. The zero-order chi connectivity index (χ0) is 16.2. The third kappa shape index (κ3) is 3.96. The van der Waals surface area contributed by atoms with Crippen LogP contribution in [0.25, 0.3) is 0 Å².